The molecular formula is C13H19N3O. The van der Waals surface area contributed by atoms with E-state index in [4.69, 9.17) is 10.5 Å². The molecule has 4 heteroatoms. The van der Waals surface area contributed by atoms with E-state index < -0.39 is 0 Å². The number of ether oxygens (including phenoxy) is 1. The summed E-state index contributed by atoms with van der Waals surface area (Å²) in [6.45, 7) is 4.32. The highest BCUT2D eigenvalue weighted by Gasteiger charge is 2.13. The van der Waals surface area contributed by atoms with Crippen molar-refractivity contribution in [2.45, 2.75) is 26.3 Å². The van der Waals surface area contributed by atoms with Gasteiger partial charge in [0.1, 0.15) is 11.6 Å². The summed E-state index contributed by atoms with van der Waals surface area (Å²) in [6, 6.07) is 5.75. The zero-order valence-electron chi connectivity index (χ0n) is 10.5. The highest BCUT2D eigenvalue weighted by molar-refractivity contribution is 5.76. The number of hydrogen-bond donors (Lipinski definition) is 2. The number of aromatic nitrogens is 2. The Morgan fingerprint density at radius 3 is 2.82 bits per heavy atom. The fourth-order valence-electron chi connectivity index (χ4n) is 1.93. The van der Waals surface area contributed by atoms with Gasteiger partial charge in [-0.15, -0.1) is 0 Å². The molecule has 0 bridgehead atoms. The summed E-state index contributed by atoms with van der Waals surface area (Å²) >= 11 is 0. The van der Waals surface area contributed by atoms with E-state index in [1.807, 2.05) is 18.2 Å². The van der Waals surface area contributed by atoms with Crippen molar-refractivity contribution in [3.63, 3.8) is 0 Å². The zero-order chi connectivity index (χ0) is 12.4. The van der Waals surface area contributed by atoms with Gasteiger partial charge in [-0.2, -0.15) is 0 Å². The van der Waals surface area contributed by atoms with Crippen LogP contribution in [0.4, 0.5) is 0 Å². The maximum atomic E-state index is 6.11. The number of aromatic amines is 1. The molecule has 0 aliphatic rings. The van der Waals surface area contributed by atoms with Crippen molar-refractivity contribution in [2.24, 2.45) is 11.7 Å². The minimum Gasteiger partial charge on any atom is -0.497 e. The molecule has 1 heterocycles. The average molecular weight is 233 g/mol. The van der Waals surface area contributed by atoms with Crippen LogP contribution >= 0.6 is 0 Å². The number of nitrogens with zero attached hydrogens (tertiary/aromatic N) is 1. The van der Waals surface area contributed by atoms with Crippen LogP contribution in [0.25, 0.3) is 11.0 Å². The Kier molecular flexibility index (Phi) is 3.33. The predicted octanol–water partition coefficient (Wildman–Crippen LogP) is 2.62. The van der Waals surface area contributed by atoms with Gasteiger partial charge in [0, 0.05) is 6.07 Å². The van der Waals surface area contributed by atoms with Gasteiger partial charge in [-0.05, 0) is 24.5 Å². The molecule has 1 aromatic carbocycles. The molecule has 0 saturated heterocycles. The van der Waals surface area contributed by atoms with E-state index in [-0.39, 0.29) is 6.04 Å². The van der Waals surface area contributed by atoms with E-state index in [9.17, 15) is 0 Å². The molecular weight excluding hydrogens is 214 g/mol. The molecule has 0 aliphatic heterocycles. The van der Waals surface area contributed by atoms with Crippen LogP contribution in [0.1, 0.15) is 32.1 Å². The van der Waals surface area contributed by atoms with Crippen molar-refractivity contribution in [3.8, 4) is 5.75 Å². The average Bonchev–Trinajstić information content (AvgIpc) is 2.70. The lowest BCUT2D eigenvalue weighted by Gasteiger charge is -2.10. The first kappa shape index (κ1) is 11.9. The van der Waals surface area contributed by atoms with Crippen LogP contribution in [0, 0.1) is 5.92 Å². The van der Waals surface area contributed by atoms with E-state index in [0.717, 1.165) is 29.0 Å². The summed E-state index contributed by atoms with van der Waals surface area (Å²) in [7, 11) is 1.66. The van der Waals surface area contributed by atoms with Crippen LogP contribution in [-0.4, -0.2) is 17.1 Å². The summed E-state index contributed by atoms with van der Waals surface area (Å²) in [4.78, 5) is 7.76. The summed E-state index contributed by atoms with van der Waals surface area (Å²) in [5.74, 6) is 2.24. The van der Waals surface area contributed by atoms with Gasteiger partial charge in [-0.25, -0.2) is 4.98 Å². The van der Waals surface area contributed by atoms with E-state index in [1.54, 1.807) is 7.11 Å². The Balaban J connectivity index is 2.30. The molecule has 1 atom stereocenters. The van der Waals surface area contributed by atoms with Gasteiger partial charge in [-0.3, -0.25) is 0 Å². The lowest BCUT2D eigenvalue weighted by atomic mass is 10.0. The van der Waals surface area contributed by atoms with Crippen molar-refractivity contribution in [2.75, 3.05) is 7.11 Å². The zero-order valence-corrected chi connectivity index (χ0v) is 10.5. The second-order valence-electron chi connectivity index (χ2n) is 4.74. The van der Waals surface area contributed by atoms with Gasteiger partial charge in [0.2, 0.25) is 0 Å². The molecule has 0 amide bonds. The topological polar surface area (TPSA) is 63.9 Å². The molecule has 0 saturated carbocycles. The van der Waals surface area contributed by atoms with E-state index in [0.29, 0.717) is 5.92 Å². The van der Waals surface area contributed by atoms with E-state index in [2.05, 4.69) is 23.8 Å². The van der Waals surface area contributed by atoms with Gasteiger partial charge >= 0.3 is 0 Å². The standard InChI is InChI=1S/C13H19N3O/c1-8(2)6-10(14)13-15-11-5-4-9(17-3)7-12(11)16-13/h4-5,7-8,10H,6,14H2,1-3H3,(H,15,16)/t10-/m0/s1. The fourth-order valence-corrected chi connectivity index (χ4v) is 1.93. The van der Waals surface area contributed by atoms with E-state index in [1.165, 1.54) is 0 Å². The van der Waals surface area contributed by atoms with E-state index >= 15 is 0 Å². The smallest absolute Gasteiger partial charge is 0.124 e. The quantitative estimate of drug-likeness (QED) is 0.853. The van der Waals surface area contributed by atoms with Gasteiger partial charge in [0.05, 0.1) is 24.2 Å². The van der Waals surface area contributed by atoms with Crippen molar-refractivity contribution >= 4 is 11.0 Å². The first-order chi connectivity index (χ1) is 8.10. The Hall–Kier alpha value is -1.55. The lowest BCUT2D eigenvalue weighted by molar-refractivity contribution is 0.415. The third-order valence-electron chi connectivity index (χ3n) is 2.78. The Morgan fingerprint density at radius 1 is 1.41 bits per heavy atom. The summed E-state index contributed by atoms with van der Waals surface area (Å²) < 4.78 is 5.18. The normalized spacial score (nSPS) is 13.2. The molecule has 2 rings (SSSR count). The number of rotatable bonds is 4. The van der Waals surface area contributed by atoms with Crippen molar-refractivity contribution in [3.05, 3.63) is 24.0 Å². The number of methoxy groups -OCH3 is 1. The van der Waals surface area contributed by atoms with Crippen molar-refractivity contribution in [1.82, 2.24) is 9.97 Å². The number of fused-ring (bicyclic) bond motifs is 1. The SMILES string of the molecule is COc1ccc2nc([C@@H](N)CC(C)C)[nH]c2c1. The largest absolute Gasteiger partial charge is 0.497 e. The Bertz CT molecular complexity index is 504. The lowest BCUT2D eigenvalue weighted by Crippen LogP contribution is -2.14. The number of H-pyrrole nitrogens is 1. The number of nitrogens with one attached hydrogen (secondary N) is 1. The number of hydrogen-bond acceptors (Lipinski definition) is 3. The number of imidazole rings is 1. The highest BCUT2D eigenvalue weighted by atomic mass is 16.5. The third-order valence-corrected chi connectivity index (χ3v) is 2.78. The third kappa shape index (κ3) is 2.58. The van der Waals surface area contributed by atoms with Crippen molar-refractivity contribution in [1.29, 1.82) is 0 Å². The predicted molar refractivity (Wildman–Crippen MR) is 69.0 cm³/mol. The van der Waals surface area contributed by atoms with Crippen LogP contribution < -0.4 is 10.5 Å². The maximum absolute atomic E-state index is 6.11. The van der Waals surface area contributed by atoms with Gasteiger partial charge in [-0.1, -0.05) is 13.8 Å². The molecule has 1 aromatic heterocycles. The molecule has 0 spiro atoms. The van der Waals surface area contributed by atoms with Gasteiger partial charge in [0.25, 0.3) is 0 Å². The molecule has 0 fully saturated rings. The molecule has 2 aromatic rings. The van der Waals surface area contributed by atoms with Crippen LogP contribution in [0.15, 0.2) is 18.2 Å². The minimum atomic E-state index is -0.0339. The van der Waals surface area contributed by atoms with Crippen molar-refractivity contribution < 1.29 is 4.74 Å². The van der Waals surface area contributed by atoms with Crippen LogP contribution in [0.2, 0.25) is 0 Å². The first-order valence-corrected chi connectivity index (χ1v) is 5.89. The fraction of sp³-hybridized carbons (Fsp3) is 0.462. The summed E-state index contributed by atoms with van der Waals surface area (Å²) in [5, 5.41) is 0. The monoisotopic (exact) mass is 233 g/mol. The minimum absolute atomic E-state index is 0.0339. The van der Waals surface area contributed by atoms with Crippen LogP contribution in [0.3, 0.4) is 0 Å². The summed E-state index contributed by atoms with van der Waals surface area (Å²) in [5.41, 5.74) is 8.01. The van der Waals surface area contributed by atoms with Gasteiger partial charge in [0.15, 0.2) is 0 Å². The molecule has 17 heavy (non-hydrogen) atoms. The number of nitrogens with two attached hydrogens (primary N) is 1. The molecule has 0 aliphatic carbocycles. The molecule has 3 N–H and O–H groups in total. The number of benzene rings is 1. The van der Waals surface area contributed by atoms with Crippen LogP contribution in [0.5, 0.6) is 5.75 Å². The first-order valence-electron chi connectivity index (χ1n) is 5.89. The second kappa shape index (κ2) is 4.75. The van der Waals surface area contributed by atoms with Gasteiger partial charge < -0.3 is 15.5 Å². The second-order valence-corrected chi connectivity index (χ2v) is 4.74. The Morgan fingerprint density at radius 2 is 2.18 bits per heavy atom. The molecule has 0 unspecified atom stereocenters. The molecule has 92 valence electrons. The molecule has 4 nitrogen and oxygen atoms in total. The summed E-state index contributed by atoms with van der Waals surface area (Å²) in [6.07, 6.45) is 0.928. The van der Waals surface area contributed by atoms with Crippen LogP contribution in [-0.2, 0) is 0 Å². The Labute approximate surface area is 101 Å². The molecule has 0 radical (unpaired) electrons. The maximum Gasteiger partial charge on any atom is 0.124 e. The highest BCUT2D eigenvalue weighted by Crippen LogP contribution is 2.22.